The van der Waals surface area contributed by atoms with E-state index in [4.69, 9.17) is 0 Å². The van der Waals surface area contributed by atoms with Crippen molar-refractivity contribution in [3.8, 4) is 0 Å². The van der Waals surface area contributed by atoms with Crippen molar-refractivity contribution in [2.45, 2.75) is 32.7 Å². The summed E-state index contributed by atoms with van der Waals surface area (Å²) in [5, 5.41) is 6.14. The van der Waals surface area contributed by atoms with Gasteiger partial charge in [-0.25, -0.2) is 0 Å². The van der Waals surface area contributed by atoms with Crippen molar-refractivity contribution >= 4 is 11.9 Å². The molecule has 0 bridgehead atoms. The van der Waals surface area contributed by atoms with Crippen LogP contribution < -0.4 is 10.6 Å². The molecule has 0 unspecified atom stereocenters. The molecule has 0 spiro atoms. The molecule has 0 saturated heterocycles. The summed E-state index contributed by atoms with van der Waals surface area (Å²) < 4.78 is 0. The lowest BCUT2D eigenvalue weighted by atomic mass is 10.2. The second-order valence-corrected chi connectivity index (χ2v) is 5.26. The number of carbonyl (C=O) groups excluding carboxylic acids is 1. The smallest absolute Gasteiger partial charge is 0.222 e. The van der Waals surface area contributed by atoms with Crippen molar-refractivity contribution in [1.82, 2.24) is 15.5 Å². The highest BCUT2D eigenvalue weighted by molar-refractivity contribution is 5.81. The monoisotopic (exact) mass is 304 g/mol. The molecule has 122 valence electrons. The first kappa shape index (κ1) is 18.0. The van der Waals surface area contributed by atoms with Gasteiger partial charge in [0.15, 0.2) is 5.96 Å². The van der Waals surface area contributed by atoms with E-state index >= 15 is 0 Å². The first-order valence-electron chi connectivity index (χ1n) is 7.89. The zero-order valence-electron chi connectivity index (χ0n) is 13.9. The summed E-state index contributed by atoms with van der Waals surface area (Å²) in [6.07, 6.45) is 2.73. The van der Waals surface area contributed by atoms with Crippen LogP contribution in [0, 0.1) is 0 Å². The highest BCUT2D eigenvalue weighted by Gasteiger charge is 2.06. The number of hydrogen-bond acceptors (Lipinski definition) is 2. The van der Waals surface area contributed by atoms with Crippen molar-refractivity contribution in [2.24, 2.45) is 4.99 Å². The Kier molecular flexibility index (Phi) is 8.72. The molecule has 0 aliphatic heterocycles. The van der Waals surface area contributed by atoms with Crippen LogP contribution in [0.5, 0.6) is 0 Å². The average Bonchev–Trinajstić information content (AvgIpc) is 2.55. The minimum absolute atomic E-state index is 0.0445. The Morgan fingerprint density at radius 3 is 2.59 bits per heavy atom. The number of aliphatic imine (C=N–C) groups is 1. The number of carbonyl (C=O) groups is 1. The van der Waals surface area contributed by atoms with Crippen LogP contribution in [0.2, 0.25) is 0 Å². The van der Waals surface area contributed by atoms with E-state index in [9.17, 15) is 4.79 Å². The number of nitrogens with one attached hydrogen (secondary N) is 2. The molecule has 1 aromatic carbocycles. The van der Waals surface area contributed by atoms with Gasteiger partial charge in [0.05, 0.1) is 0 Å². The average molecular weight is 304 g/mol. The van der Waals surface area contributed by atoms with E-state index in [1.807, 2.05) is 37.4 Å². The van der Waals surface area contributed by atoms with E-state index in [2.05, 4.69) is 27.4 Å². The summed E-state index contributed by atoms with van der Waals surface area (Å²) >= 11 is 0. The Labute approximate surface area is 133 Å². The Balaban J connectivity index is 2.23. The van der Waals surface area contributed by atoms with E-state index in [1.54, 1.807) is 7.05 Å². The summed E-state index contributed by atoms with van der Waals surface area (Å²) in [7, 11) is 3.78. The molecular formula is C17H28N4O. The second-order valence-electron chi connectivity index (χ2n) is 5.26. The summed E-state index contributed by atoms with van der Waals surface area (Å²) in [6, 6.07) is 9.92. The zero-order chi connectivity index (χ0) is 16.2. The second kappa shape index (κ2) is 10.7. The standard InChI is InChI=1S/C17H28N4O/c1-4-5-13-21(3)17(18-2)19-12-11-16(22)20-14-15-9-7-6-8-10-15/h6-10H,4-5,11-14H2,1-3H3,(H,18,19)(H,20,22). The fourth-order valence-corrected chi connectivity index (χ4v) is 2.06. The highest BCUT2D eigenvalue weighted by Crippen LogP contribution is 1.97. The van der Waals surface area contributed by atoms with Gasteiger partial charge in [0, 0.05) is 40.2 Å². The number of nitrogens with zero attached hydrogens (tertiary/aromatic N) is 2. The van der Waals surface area contributed by atoms with Gasteiger partial charge in [-0.05, 0) is 12.0 Å². The van der Waals surface area contributed by atoms with Gasteiger partial charge >= 0.3 is 0 Å². The Morgan fingerprint density at radius 2 is 1.95 bits per heavy atom. The molecular weight excluding hydrogens is 276 g/mol. The number of guanidine groups is 1. The van der Waals surface area contributed by atoms with E-state index < -0.39 is 0 Å². The van der Waals surface area contributed by atoms with Gasteiger partial charge in [-0.15, -0.1) is 0 Å². The molecule has 2 N–H and O–H groups in total. The first-order valence-corrected chi connectivity index (χ1v) is 7.89. The SMILES string of the molecule is CCCCN(C)C(=NC)NCCC(=O)NCc1ccccc1. The first-order chi connectivity index (χ1) is 10.7. The van der Waals surface area contributed by atoms with Crippen molar-refractivity contribution in [3.63, 3.8) is 0 Å². The van der Waals surface area contributed by atoms with Gasteiger partial charge < -0.3 is 15.5 Å². The number of rotatable bonds is 8. The molecule has 1 amide bonds. The molecule has 1 rings (SSSR count). The number of hydrogen-bond donors (Lipinski definition) is 2. The third-order valence-electron chi connectivity index (χ3n) is 3.39. The van der Waals surface area contributed by atoms with Crippen LogP contribution in [0.15, 0.2) is 35.3 Å². The van der Waals surface area contributed by atoms with Crippen molar-refractivity contribution in [2.75, 3.05) is 27.2 Å². The minimum Gasteiger partial charge on any atom is -0.356 e. The summed E-state index contributed by atoms with van der Waals surface area (Å²) in [4.78, 5) is 18.1. The molecule has 5 heteroatoms. The molecule has 22 heavy (non-hydrogen) atoms. The number of unbranched alkanes of at least 4 members (excludes halogenated alkanes) is 1. The number of benzene rings is 1. The zero-order valence-corrected chi connectivity index (χ0v) is 13.9. The lowest BCUT2D eigenvalue weighted by Gasteiger charge is -2.21. The topological polar surface area (TPSA) is 56.7 Å². The molecule has 0 atom stereocenters. The van der Waals surface area contributed by atoms with Gasteiger partial charge in [0.1, 0.15) is 0 Å². The number of amides is 1. The normalized spacial score (nSPS) is 11.1. The molecule has 5 nitrogen and oxygen atoms in total. The van der Waals surface area contributed by atoms with Gasteiger partial charge in [-0.1, -0.05) is 43.7 Å². The van der Waals surface area contributed by atoms with Gasteiger partial charge in [0.25, 0.3) is 0 Å². The molecule has 0 fully saturated rings. The summed E-state index contributed by atoms with van der Waals surface area (Å²) in [5.41, 5.74) is 1.11. The highest BCUT2D eigenvalue weighted by atomic mass is 16.1. The van der Waals surface area contributed by atoms with Crippen molar-refractivity contribution in [1.29, 1.82) is 0 Å². The predicted octanol–water partition coefficient (Wildman–Crippen LogP) is 2.00. The molecule has 1 aromatic rings. The Morgan fingerprint density at radius 1 is 1.23 bits per heavy atom. The third-order valence-corrected chi connectivity index (χ3v) is 3.39. The molecule has 0 radical (unpaired) electrons. The van der Waals surface area contributed by atoms with Crippen LogP contribution >= 0.6 is 0 Å². The Bertz CT molecular complexity index is 459. The maximum Gasteiger partial charge on any atom is 0.222 e. The molecule has 0 aliphatic carbocycles. The Hall–Kier alpha value is -2.04. The van der Waals surface area contributed by atoms with Gasteiger partial charge in [-0.2, -0.15) is 0 Å². The fourth-order valence-electron chi connectivity index (χ4n) is 2.06. The van der Waals surface area contributed by atoms with Crippen LogP contribution in [0.25, 0.3) is 0 Å². The van der Waals surface area contributed by atoms with E-state index in [1.165, 1.54) is 0 Å². The van der Waals surface area contributed by atoms with E-state index in [0.717, 1.165) is 30.9 Å². The van der Waals surface area contributed by atoms with E-state index in [0.29, 0.717) is 19.5 Å². The molecule has 0 heterocycles. The fraction of sp³-hybridized carbons (Fsp3) is 0.529. The molecule has 0 aromatic heterocycles. The summed E-state index contributed by atoms with van der Waals surface area (Å²) in [6.45, 7) is 4.30. The molecule has 0 saturated carbocycles. The maximum absolute atomic E-state index is 11.8. The van der Waals surface area contributed by atoms with Gasteiger partial charge in [-0.3, -0.25) is 9.79 Å². The third kappa shape index (κ3) is 7.11. The molecule has 0 aliphatic rings. The lowest BCUT2D eigenvalue weighted by molar-refractivity contribution is -0.121. The van der Waals surface area contributed by atoms with Crippen molar-refractivity contribution in [3.05, 3.63) is 35.9 Å². The maximum atomic E-state index is 11.8. The lowest BCUT2D eigenvalue weighted by Crippen LogP contribution is -2.40. The van der Waals surface area contributed by atoms with Crippen molar-refractivity contribution < 1.29 is 4.79 Å². The predicted molar refractivity (Wildman–Crippen MR) is 91.8 cm³/mol. The van der Waals surface area contributed by atoms with E-state index in [-0.39, 0.29) is 5.91 Å². The van der Waals surface area contributed by atoms with Crippen LogP contribution in [0.1, 0.15) is 31.7 Å². The van der Waals surface area contributed by atoms with Crippen LogP contribution in [-0.4, -0.2) is 44.0 Å². The quantitative estimate of drug-likeness (QED) is 0.570. The summed E-state index contributed by atoms with van der Waals surface area (Å²) in [5.74, 6) is 0.882. The van der Waals surface area contributed by atoms with Gasteiger partial charge in [0.2, 0.25) is 5.91 Å². The van der Waals surface area contributed by atoms with Crippen LogP contribution in [0.4, 0.5) is 0 Å². The minimum atomic E-state index is 0.0445. The largest absolute Gasteiger partial charge is 0.356 e. The van der Waals surface area contributed by atoms with Crippen LogP contribution in [-0.2, 0) is 11.3 Å². The van der Waals surface area contributed by atoms with Crippen LogP contribution in [0.3, 0.4) is 0 Å².